The zero-order valence-electron chi connectivity index (χ0n) is 18.2. The number of piperidine rings is 1. The van der Waals surface area contributed by atoms with E-state index >= 15 is 0 Å². The number of nitrogens with two attached hydrogens (primary N) is 1. The SMILES string of the molecule is NC(=O)c1ncccc1Cc1cccc(-c2cccc3c2CN(C2CCC(=O)NC2=O)C3=O)n1. The summed E-state index contributed by atoms with van der Waals surface area (Å²) in [6.07, 6.45) is 2.40. The third-order valence-corrected chi connectivity index (χ3v) is 6.16. The highest BCUT2D eigenvalue weighted by Crippen LogP contribution is 2.34. The summed E-state index contributed by atoms with van der Waals surface area (Å²) in [7, 11) is 0. The van der Waals surface area contributed by atoms with Gasteiger partial charge in [0.1, 0.15) is 11.7 Å². The summed E-state index contributed by atoms with van der Waals surface area (Å²) in [6, 6.07) is 13.9. The fourth-order valence-corrected chi connectivity index (χ4v) is 4.55. The number of carbonyl (C=O) groups is 4. The standard InChI is InChI=1S/C25H21N5O4/c26-23(32)22-14(4-3-11-27-22)12-15-5-1-8-19(28-15)16-6-2-7-17-18(16)13-30(25(17)34)20-9-10-21(31)29-24(20)33/h1-8,11,20H,9-10,12-13H2,(H2,26,32)(H,29,31,33). The first-order valence-corrected chi connectivity index (χ1v) is 10.9. The Morgan fingerprint density at radius 1 is 1.06 bits per heavy atom. The van der Waals surface area contributed by atoms with Crippen molar-refractivity contribution in [1.29, 1.82) is 0 Å². The molecule has 0 spiro atoms. The predicted molar refractivity (Wildman–Crippen MR) is 121 cm³/mol. The molecule has 1 aromatic carbocycles. The minimum atomic E-state index is -0.678. The molecule has 4 heterocycles. The number of fused-ring (bicyclic) bond motifs is 1. The van der Waals surface area contributed by atoms with Crippen LogP contribution < -0.4 is 11.1 Å². The molecule has 3 N–H and O–H groups in total. The molecule has 0 aliphatic carbocycles. The number of primary amides is 1. The van der Waals surface area contributed by atoms with Gasteiger partial charge in [0, 0.05) is 42.4 Å². The monoisotopic (exact) mass is 455 g/mol. The van der Waals surface area contributed by atoms with E-state index < -0.39 is 17.9 Å². The summed E-state index contributed by atoms with van der Waals surface area (Å²) < 4.78 is 0. The van der Waals surface area contributed by atoms with Crippen molar-refractivity contribution in [3.8, 4) is 11.3 Å². The van der Waals surface area contributed by atoms with Crippen LogP contribution in [0.4, 0.5) is 0 Å². The summed E-state index contributed by atoms with van der Waals surface area (Å²) >= 11 is 0. The number of imide groups is 1. The van der Waals surface area contributed by atoms with Gasteiger partial charge in [0.05, 0.1) is 5.69 Å². The van der Waals surface area contributed by atoms with Crippen LogP contribution in [0.5, 0.6) is 0 Å². The van der Waals surface area contributed by atoms with E-state index in [-0.39, 0.29) is 30.5 Å². The molecular formula is C25H21N5O4. The second-order valence-corrected chi connectivity index (χ2v) is 8.30. The summed E-state index contributed by atoms with van der Waals surface area (Å²) in [6.45, 7) is 0.261. The first-order valence-electron chi connectivity index (χ1n) is 10.9. The van der Waals surface area contributed by atoms with Crippen molar-refractivity contribution in [2.75, 3.05) is 0 Å². The molecule has 0 saturated carbocycles. The van der Waals surface area contributed by atoms with Crippen molar-refractivity contribution in [2.45, 2.75) is 31.8 Å². The Balaban J connectivity index is 1.46. The molecular weight excluding hydrogens is 434 g/mol. The van der Waals surface area contributed by atoms with Gasteiger partial charge in [-0.05, 0) is 41.8 Å². The van der Waals surface area contributed by atoms with Crippen LogP contribution in [-0.4, -0.2) is 44.5 Å². The van der Waals surface area contributed by atoms with Gasteiger partial charge in [-0.25, -0.2) is 0 Å². The number of amides is 4. The molecule has 5 rings (SSSR count). The largest absolute Gasteiger partial charge is 0.364 e. The summed E-state index contributed by atoms with van der Waals surface area (Å²) in [5.74, 6) is -1.59. The Kier molecular flexibility index (Phi) is 5.37. The van der Waals surface area contributed by atoms with E-state index in [0.29, 0.717) is 29.7 Å². The molecule has 1 saturated heterocycles. The average molecular weight is 455 g/mol. The molecule has 4 amide bonds. The number of hydrogen-bond acceptors (Lipinski definition) is 6. The van der Waals surface area contributed by atoms with Crippen LogP contribution in [0.1, 0.15) is 50.5 Å². The molecule has 2 aliphatic rings. The highest BCUT2D eigenvalue weighted by molar-refractivity contribution is 6.06. The van der Waals surface area contributed by atoms with Gasteiger partial charge >= 0.3 is 0 Å². The van der Waals surface area contributed by atoms with Crippen LogP contribution in [-0.2, 0) is 22.6 Å². The maximum atomic E-state index is 13.1. The Bertz CT molecular complexity index is 1350. The second-order valence-electron chi connectivity index (χ2n) is 8.30. The number of hydrogen-bond donors (Lipinski definition) is 2. The maximum Gasteiger partial charge on any atom is 0.267 e. The fourth-order valence-electron chi connectivity index (χ4n) is 4.55. The van der Waals surface area contributed by atoms with Crippen LogP contribution >= 0.6 is 0 Å². The summed E-state index contributed by atoms with van der Waals surface area (Å²) in [5.41, 5.74) is 9.85. The average Bonchev–Trinajstić information content (AvgIpc) is 3.16. The Labute approximate surface area is 195 Å². The van der Waals surface area contributed by atoms with Gasteiger partial charge in [-0.2, -0.15) is 0 Å². The molecule has 1 atom stereocenters. The molecule has 0 bridgehead atoms. The first-order chi connectivity index (χ1) is 16.4. The lowest BCUT2D eigenvalue weighted by Gasteiger charge is -2.29. The number of pyridine rings is 2. The number of benzene rings is 1. The van der Waals surface area contributed by atoms with E-state index in [1.54, 1.807) is 24.3 Å². The van der Waals surface area contributed by atoms with E-state index in [9.17, 15) is 19.2 Å². The number of nitrogens with one attached hydrogen (secondary N) is 1. The normalized spacial score (nSPS) is 17.5. The number of rotatable bonds is 5. The van der Waals surface area contributed by atoms with E-state index in [4.69, 9.17) is 10.7 Å². The Hall–Kier alpha value is -4.40. The van der Waals surface area contributed by atoms with E-state index in [1.165, 1.54) is 11.1 Å². The quantitative estimate of drug-likeness (QED) is 0.561. The van der Waals surface area contributed by atoms with Crippen LogP contribution in [0, 0.1) is 0 Å². The van der Waals surface area contributed by atoms with Crippen molar-refractivity contribution in [1.82, 2.24) is 20.2 Å². The van der Waals surface area contributed by atoms with E-state index in [1.807, 2.05) is 24.3 Å². The highest BCUT2D eigenvalue weighted by atomic mass is 16.2. The number of nitrogens with zero attached hydrogens (tertiary/aromatic N) is 3. The third kappa shape index (κ3) is 3.81. The van der Waals surface area contributed by atoms with Crippen molar-refractivity contribution in [3.05, 3.63) is 82.8 Å². The summed E-state index contributed by atoms with van der Waals surface area (Å²) in [4.78, 5) is 59.1. The molecule has 2 aromatic heterocycles. The van der Waals surface area contributed by atoms with Crippen LogP contribution in [0.2, 0.25) is 0 Å². The van der Waals surface area contributed by atoms with Gasteiger partial charge in [-0.15, -0.1) is 0 Å². The van der Waals surface area contributed by atoms with Crippen LogP contribution in [0.15, 0.2) is 54.7 Å². The Morgan fingerprint density at radius 3 is 2.65 bits per heavy atom. The van der Waals surface area contributed by atoms with Crippen LogP contribution in [0.25, 0.3) is 11.3 Å². The van der Waals surface area contributed by atoms with Crippen molar-refractivity contribution in [2.24, 2.45) is 5.73 Å². The van der Waals surface area contributed by atoms with Crippen molar-refractivity contribution < 1.29 is 19.2 Å². The molecule has 3 aromatic rings. The molecule has 2 aliphatic heterocycles. The smallest absolute Gasteiger partial charge is 0.267 e. The maximum absolute atomic E-state index is 13.1. The van der Waals surface area contributed by atoms with Gasteiger partial charge in [0.15, 0.2) is 0 Å². The van der Waals surface area contributed by atoms with E-state index in [2.05, 4.69) is 10.3 Å². The lowest BCUT2D eigenvalue weighted by Crippen LogP contribution is -2.52. The van der Waals surface area contributed by atoms with Gasteiger partial charge in [0.25, 0.3) is 11.8 Å². The Morgan fingerprint density at radius 2 is 1.85 bits per heavy atom. The van der Waals surface area contributed by atoms with Gasteiger partial charge in [-0.3, -0.25) is 34.5 Å². The molecule has 34 heavy (non-hydrogen) atoms. The zero-order chi connectivity index (χ0) is 23.8. The lowest BCUT2D eigenvalue weighted by molar-refractivity contribution is -0.136. The topological polar surface area (TPSA) is 135 Å². The number of aromatic nitrogens is 2. The molecule has 1 fully saturated rings. The van der Waals surface area contributed by atoms with Crippen molar-refractivity contribution in [3.63, 3.8) is 0 Å². The second kappa shape index (κ2) is 8.51. The van der Waals surface area contributed by atoms with Crippen LogP contribution in [0.3, 0.4) is 0 Å². The molecule has 9 heteroatoms. The zero-order valence-corrected chi connectivity index (χ0v) is 18.2. The van der Waals surface area contributed by atoms with Gasteiger partial charge in [-0.1, -0.05) is 24.3 Å². The first kappa shape index (κ1) is 21.4. The minimum absolute atomic E-state index is 0.203. The fraction of sp³-hybridized carbons (Fsp3) is 0.200. The van der Waals surface area contributed by atoms with Gasteiger partial charge < -0.3 is 10.6 Å². The third-order valence-electron chi connectivity index (χ3n) is 6.16. The molecule has 0 radical (unpaired) electrons. The minimum Gasteiger partial charge on any atom is -0.364 e. The van der Waals surface area contributed by atoms with E-state index in [0.717, 1.165) is 16.8 Å². The molecule has 170 valence electrons. The highest BCUT2D eigenvalue weighted by Gasteiger charge is 2.39. The lowest BCUT2D eigenvalue weighted by atomic mass is 9.99. The summed E-state index contributed by atoms with van der Waals surface area (Å²) in [5, 5.41) is 2.32. The predicted octanol–water partition coefficient (Wildman–Crippen LogP) is 1.59. The number of carbonyl (C=O) groups excluding carboxylic acids is 4. The molecule has 1 unspecified atom stereocenters. The van der Waals surface area contributed by atoms with Crippen molar-refractivity contribution >= 4 is 23.6 Å². The molecule has 9 nitrogen and oxygen atoms in total. The van der Waals surface area contributed by atoms with Gasteiger partial charge in [0.2, 0.25) is 11.8 Å².